The number of benzene rings is 1. The number of thiophene rings is 1. The van der Waals surface area contributed by atoms with Crippen LogP contribution in [0.3, 0.4) is 0 Å². The molecule has 2 aromatic rings. The van der Waals surface area contributed by atoms with Crippen LogP contribution in [0.1, 0.15) is 26.4 Å². The maximum atomic E-state index is 12.0. The molecule has 1 aromatic carbocycles. The smallest absolute Gasteiger partial charge is 0.256 e. The number of anilines is 1. The van der Waals surface area contributed by atoms with Crippen molar-refractivity contribution in [3.63, 3.8) is 0 Å². The van der Waals surface area contributed by atoms with E-state index in [9.17, 15) is 4.79 Å². The van der Waals surface area contributed by atoms with E-state index >= 15 is 0 Å². The molecule has 1 heterocycles. The summed E-state index contributed by atoms with van der Waals surface area (Å²) in [5.41, 5.74) is 3.92. The zero-order valence-corrected chi connectivity index (χ0v) is 11.0. The highest BCUT2D eigenvalue weighted by molar-refractivity contribution is 7.10. The van der Waals surface area contributed by atoms with Gasteiger partial charge in [0, 0.05) is 15.9 Å². The van der Waals surface area contributed by atoms with Gasteiger partial charge in [-0.2, -0.15) is 0 Å². The fourth-order valence-corrected chi connectivity index (χ4v) is 2.33. The first-order valence-electron chi connectivity index (χ1n) is 5.50. The number of hydrogen-bond donors (Lipinski definition) is 1. The molecule has 0 unspecified atom stereocenters. The lowest BCUT2D eigenvalue weighted by atomic mass is 10.1. The predicted molar refractivity (Wildman–Crippen MR) is 72.9 cm³/mol. The minimum absolute atomic E-state index is 0.0388. The number of hydrogen-bond acceptors (Lipinski definition) is 2. The molecule has 0 bridgehead atoms. The molecule has 0 saturated heterocycles. The molecule has 0 radical (unpaired) electrons. The number of aryl methyl sites for hydroxylation is 2. The Morgan fingerprint density at radius 3 is 2.65 bits per heavy atom. The van der Waals surface area contributed by atoms with Crippen LogP contribution in [0, 0.1) is 20.8 Å². The second kappa shape index (κ2) is 4.72. The van der Waals surface area contributed by atoms with Crippen LogP contribution in [-0.4, -0.2) is 5.91 Å². The summed E-state index contributed by atoms with van der Waals surface area (Å²) in [7, 11) is 0. The molecule has 0 fully saturated rings. The average Bonchev–Trinajstić information content (AvgIpc) is 2.72. The lowest BCUT2D eigenvalue weighted by molar-refractivity contribution is 0.102. The molecule has 17 heavy (non-hydrogen) atoms. The highest BCUT2D eigenvalue weighted by atomic mass is 32.1. The van der Waals surface area contributed by atoms with Crippen LogP contribution in [0.25, 0.3) is 0 Å². The molecule has 2 nitrogen and oxygen atoms in total. The molecule has 0 spiro atoms. The number of nitrogens with one attached hydrogen (secondary N) is 1. The first kappa shape index (κ1) is 11.9. The molecular formula is C14H15NOS. The average molecular weight is 245 g/mol. The summed E-state index contributed by atoms with van der Waals surface area (Å²) < 4.78 is 0. The van der Waals surface area contributed by atoms with Gasteiger partial charge in [-0.05, 0) is 44.0 Å². The van der Waals surface area contributed by atoms with Crippen molar-refractivity contribution in [3.05, 3.63) is 51.2 Å². The second-order valence-electron chi connectivity index (χ2n) is 4.15. The third-order valence-corrected chi connectivity index (χ3v) is 3.71. The van der Waals surface area contributed by atoms with E-state index in [1.165, 1.54) is 5.56 Å². The van der Waals surface area contributed by atoms with Crippen molar-refractivity contribution < 1.29 is 4.79 Å². The van der Waals surface area contributed by atoms with Crippen molar-refractivity contribution in [1.82, 2.24) is 0 Å². The van der Waals surface area contributed by atoms with E-state index in [2.05, 4.69) is 5.32 Å². The first-order valence-corrected chi connectivity index (χ1v) is 6.38. The standard InChI is InChI=1S/C14H15NOS/c1-9-5-4-6-13(11(9)3)15-14(16)12-7-10(2)17-8-12/h4-8H,1-3H3,(H,15,16). The summed E-state index contributed by atoms with van der Waals surface area (Å²) >= 11 is 1.59. The van der Waals surface area contributed by atoms with Gasteiger partial charge in [0.15, 0.2) is 0 Å². The third-order valence-electron chi connectivity index (χ3n) is 2.85. The fourth-order valence-electron chi connectivity index (χ4n) is 1.64. The van der Waals surface area contributed by atoms with Crippen molar-refractivity contribution >= 4 is 22.9 Å². The highest BCUT2D eigenvalue weighted by Gasteiger charge is 2.09. The molecule has 3 heteroatoms. The van der Waals surface area contributed by atoms with Crippen LogP contribution < -0.4 is 5.32 Å². The first-order chi connectivity index (χ1) is 8.08. The van der Waals surface area contributed by atoms with Crippen molar-refractivity contribution in [2.45, 2.75) is 20.8 Å². The van der Waals surface area contributed by atoms with Crippen LogP contribution in [-0.2, 0) is 0 Å². The number of rotatable bonds is 2. The van der Waals surface area contributed by atoms with Crippen molar-refractivity contribution in [3.8, 4) is 0 Å². The molecule has 0 aliphatic carbocycles. The Bertz CT molecular complexity index is 557. The second-order valence-corrected chi connectivity index (χ2v) is 5.26. The maximum Gasteiger partial charge on any atom is 0.256 e. The monoisotopic (exact) mass is 245 g/mol. The maximum absolute atomic E-state index is 12.0. The van der Waals surface area contributed by atoms with Gasteiger partial charge in [-0.15, -0.1) is 11.3 Å². The Labute approximate surface area is 105 Å². The van der Waals surface area contributed by atoms with Gasteiger partial charge in [0.1, 0.15) is 0 Å². The summed E-state index contributed by atoms with van der Waals surface area (Å²) in [6.07, 6.45) is 0. The van der Waals surface area contributed by atoms with Crippen molar-refractivity contribution in [2.75, 3.05) is 5.32 Å². The summed E-state index contributed by atoms with van der Waals surface area (Å²) in [5, 5.41) is 4.83. The van der Waals surface area contributed by atoms with Gasteiger partial charge < -0.3 is 5.32 Å². The van der Waals surface area contributed by atoms with E-state index in [-0.39, 0.29) is 5.91 Å². The summed E-state index contributed by atoms with van der Waals surface area (Å²) in [5.74, 6) is -0.0388. The van der Waals surface area contributed by atoms with Crippen molar-refractivity contribution in [2.24, 2.45) is 0 Å². The van der Waals surface area contributed by atoms with Gasteiger partial charge in [0.2, 0.25) is 0 Å². The zero-order valence-electron chi connectivity index (χ0n) is 10.2. The van der Waals surface area contributed by atoms with Gasteiger partial charge in [-0.3, -0.25) is 4.79 Å². The predicted octanol–water partition coefficient (Wildman–Crippen LogP) is 3.93. The van der Waals surface area contributed by atoms with Crippen LogP contribution in [0.4, 0.5) is 5.69 Å². The Kier molecular flexibility index (Phi) is 3.29. The summed E-state index contributed by atoms with van der Waals surface area (Å²) in [6.45, 7) is 6.06. The van der Waals surface area contributed by atoms with Gasteiger partial charge >= 0.3 is 0 Å². The minimum atomic E-state index is -0.0388. The van der Waals surface area contributed by atoms with E-state index in [1.807, 2.05) is 50.4 Å². The quantitative estimate of drug-likeness (QED) is 0.853. The van der Waals surface area contributed by atoms with Crippen LogP contribution in [0.15, 0.2) is 29.6 Å². The SMILES string of the molecule is Cc1cc(C(=O)Nc2cccc(C)c2C)cs1. The largest absolute Gasteiger partial charge is 0.322 e. The highest BCUT2D eigenvalue weighted by Crippen LogP contribution is 2.20. The molecule has 2 rings (SSSR count). The van der Waals surface area contributed by atoms with E-state index in [0.29, 0.717) is 0 Å². The molecule has 1 N–H and O–H groups in total. The lowest BCUT2D eigenvalue weighted by Crippen LogP contribution is -2.12. The number of carbonyl (C=O) groups excluding carboxylic acids is 1. The zero-order chi connectivity index (χ0) is 12.4. The molecule has 1 amide bonds. The molecular weight excluding hydrogens is 230 g/mol. The molecule has 1 aromatic heterocycles. The van der Waals surface area contributed by atoms with Gasteiger partial charge in [-0.1, -0.05) is 12.1 Å². The molecule has 0 aliphatic heterocycles. The molecule has 0 atom stereocenters. The van der Waals surface area contributed by atoms with Crippen LogP contribution in [0.2, 0.25) is 0 Å². The van der Waals surface area contributed by atoms with E-state index < -0.39 is 0 Å². The Hall–Kier alpha value is -1.61. The van der Waals surface area contributed by atoms with E-state index in [1.54, 1.807) is 11.3 Å². The summed E-state index contributed by atoms with van der Waals surface area (Å²) in [4.78, 5) is 13.1. The van der Waals surface area contributed by atoms with E-state index in [0.717, 1.165) is 21.7 Å². The Morgan fingerprint density at radius 2 is 2.00 bits per heavy atom. The topological polar surface area (TPSA) is 29.1 Å². The lowest BCUT2D eigenvalue weighted by Gasteiger charge is -2.09. The normalized spacial score (nSPS) is 10.3. The molecule has 88 valence electrons. The van der Waals surface area contributed by atoms with Crippen LogP contribution in [0.5, 0.6) is 0 Å². The Balaban J connectivity index is 2.21. The number of amides is 1. The fraction of sp³-hybridized carbons (Fsp3) is 0.214. The summed E-state index contributed by atoms with van der Waals surface area (Å²) in [6, 6.07) is 7.83. The van der Waals surface area contributed by atoms with Crippen molar-refractivity contribution in [1.29, 1.82) is 0 Å². The van der Waals surface area contributed by atoms with Gasteiger partial charge in [0.25, 0.3) is 5.91 Å². The number of carbonyl (C=O) groups is 1. The van der Waals surface area contributed by atoms with E-state index in [4.69, 9.17) is 0 Å². The van der Waals surface area contributed by atoms with Gasteiger partial charge in [0.05, 0.1) is 5.56 Å². The molecule has 0 aliphatic rings. The van der Waals surface area contributed by atoms with Crippen LogP contribution >= 0.6 is 11.3 Å². The van der Waals surface area contributed by atoms with Gasteiger partial charge in [-0.25, -0.2) is 0 Å². The molecule has 0 saturated carbocycles. The third kappa shape index (κ3) is 2.56. The minimum Gasteiger partial charge on any atom is -0.322 e. The Morgan fingerprint density at radius 1 is 1.24 bits per heavy atom.